The van der Waals surface area contributed by atoms with Gasteiger partial charge in [-0.2, -0.15) is 0 Å². The first kappa shape index (κ1) is 11.2. The highest BCUT2D eigenvalue weighted by molar-refractivity contribution is 5.73. The molecule has 1 aromatic rings. The molecule has 0 unspecified atom stereocenters. The Hall–Kier alpha value is -1.91. The largest absolute Gasteiger partial charge is 0.397 e. The number of nitrogen functional groups attached to an aromatic ring is 1. The summed E-state index contributed by atoms with van der Waals surface area (Å²) in [5.41, 5.74) is 6.28. The van der Waals surface area contributed by atoms with E-state index in [0.717, 1.165) is 6.20 Å². The highest BCUT2D eigenvalue weighted by atomic mass is 19.1. The fraction of sp³-hybridized carbons (Fsp3) is 0.200. The molecule has 3 N–H and O–H groups in total. The lowest BCUT2D eigenvalue weighted by Gasteiger charge is -1.99. The average Bonchev–Trinajstić information content (AvgIpc) is 2.14. The third-order valence-corrected chi connectivity index (χ3v) is 1.66. The molecule has 15 heavy (non-hydrogen) atoms. The summed E-state index contributed by atoms with van der Waals surface area (Å²) in [6.07, 6.45) is 4.41. The molecule has 1 heterocycles. The maximum Gasteiger partial charge on any atom is 0.217 e. The Morgan fingerprint density at radius 1 is 1.73 bits per heavy atom. The van der Waals surface area contributed by atoms with Crippen LogP contribution in [0.3, 0.4) is 0 Å². The second kappa shape index (κ2) is 5.09. The van der Waals surface area contributed by atoms with Crippen LogP contribution in [0.2, 0.25) is 0 Å². The van der Waals surface area contributed by atoms with Gasteiger partial charge < -0.3 is 11.1 Å². The Kier molecular flexibility index (Phi) is 3.79. The number of rotatable bonds is 3. The van der Waals surface area contributed by atoms with E-state index in [2.05, 4.69) is 10.3 Å². The third-order valence-electron chi connectivity index (χ3n) is 1.66. The van der Waals surface area contributed by atoms with Crippen LogP contribution in [-0.2, 0) is 4.79 Å². The molecule has 0 saturated heterocycles. The van der Waals surface area contributed by atoms with E-state index in [1.165, 1.54) is 13.0 Å². The van der Waals surface area contributed by atoms with Crippen LogP contribution < -0.4 is 11.1 Å². The standard InChI is InChI=1S/C10H12FN3O/c1-7(15)13-4-2-3-10-9(12)5-8(11)6-14-10/h2-3,5-6H,4,12H2,1H3,(H,13,15). The Labute approximate surface area is 87.0 Å². The maximum absolute atomic E-state index is 12.6. The van der Waals surface area contributed by atoms with Crippen molar-refractivity contribution in [1.29, 1.82) is 0 Å². The molecule has 0 aliphatic heterocycles. The molecule has 0 radical (unpaired) electrons. The van der Waals surface area contributed by atoms with E-state index in [1.54, 1.807) is 12.2 Å². The monoisotopic (exact) mass is 209 g/mol. The summed E-state index contributed by atoms with van der Waals surface area (Å²) >= 11 is 0. The number of aromatic nitrogens is 1. The van der Waals surface area contributed by atoms with E-state index in [-0.39, 0.29) is 11.6 Å². The van der Waals surface area contributed by atoms with E-state index in [4.69, 9.17) is 5.73 Å². The van der Waals surface area contributed by atoms with Gasteiger partial charge in [-0.05, 0) is 6.08 Å². The van der Waals surface area contributed by atoms with Crippen LogP contribution in [0.1, 0.15) is 12.6 Å². The third kappa shape index (κ3) is 3.76. The molecule has 0 aliphatic rings. The molecule has 5 heteroatoms. The fourth-order valence-corrected chi connectivity index (χ4v) is 0.978. The minimum atomic E-state index is -0.466. The number of halogens is 1. The van der Waals surface area contributed by atoms with Crippen molar-refractivity contribution < 1.29 is 9.18 Å². The molecule has 1 amide bonds. The molecular weight excluding hydrogens is 197 g/mol. The number of nitrogens with two attached hydrogens (primary N) is 1. The summed E-state index contributed by atoms with van der Waals surface area (Å²) < 4.78 is 12.6. The van der Waals surface area contributed by atoms with Gasteiger partial charge in [0.1, 0.15) is 5.82 Å². The fourth-order valence-electron chi connectivity index (χ4n) is 0.978. The summed E-state index contributed by atoms with van der Waals surface area (Å²) in [6, 6.07) is 1.20. The van der Waals surface area contributed by atoms with Gasteiger partial charge >= 0.3 is 0 Å². The van der Waals surface area contributed by atoms with Crippen LogP contribution in [0.4, 0.5) is 10.1 Å². The van der Waals surface area contributed by atoms with Crippen LogP contribution in [0.15, 0.2) is 18.3 Å². The normalized spacial score (nSPS) is 10.5. The van der Waals surface area contributed by atoms with Crippen molar-refractivity contribution in [3.63, 3.8) is 0 Å². The molecule has 0 spiro atoms. The van der Waals surface area contributed by atoms with Crippen molar-refractivity contribution >= 4 is 17.7 Å². The van der Waals surface area contributed by atoms with Gasteiger partial charge in [0.05, 0.1) is 17.6 Å². The zero-order valence-electron chi connectivity index (χ0n) is 8.33. The summed E-state index contributed by atoms with van der Waals surface area (Å²) in [5.74, 6) is -0.578. The predicted molar refractivity (Wildman–Crippen MR) is 56.3 cm³/mol. The van der Waals surface area contributed by atoms with Crippen molar-refractivity contribution in [3.05, 3.63) is 29.9 Å². The van der Waals surface area contributed by atoms with Gasteiger partial charge in [-0.15, -0.1) is 0 Å². The van der Waals surface area contributed by atoms with E-state index in [1.807, 2.05) is 0 Å². The van der Waals surface area contributed by atoms with Gasteiger partial charge in [-0.1, -0.05) is 6.08 Å². The molecule has 1 rings (SSSR count). The number of pyridine rings is 1. The van der Waals surface area contributed by atoms with Crippen LogP contribution in [-0.4, -0.2) is 17.4 Å². The first-order chi connectivity index (χ1) is 7.09. The Morgan fingerprint density at radius 2 is 2.47 bits per heavy atom. The minimum absolute atomic E-state index is 0.111. The highest BCUT2D eigenvalue weighted by Crippen LogP contribution is 2.11. The predicted octanol–water partition coefficient (Wildman–Crippen LogP) is 0.952. The summed E-state index contributed by atoms with van der Waals surface area (Å²) in [4.78, 5) is 14.3. The van der Waals surface area contributed by atoms with E-state index >= 15 is 0 Å². The molecule has 0 bridgehead atoms. The highest BCUT2D eigenvalue weighted by Gasteiger charge is 1.97. The second-order valence-electron chi connectivity index (χ2n) is 2.97. The zero-order valence-corrected chi connectivity index (χ0v) is 8.33. The van der Waals surface area contributed by atoms with Gasteiger partial charge in [0.2, 0.25) is 5.91 Å². The Morgan fingerprint density at radius 3 is 3.07 bits per heavy atom. The van der Waals surface area contributed by atoms with Gasteiger partial charge in [-0.25, -0.2) is 4.39 Å². The topological polar surface area (TPSA) is 68.0 Å². The van der Waals surface area contributed by atoms with Crippen molar-refractivity contribution in [2.24, 2.45) is 0 Å². The average molecular weight is 209 g/mol. The number of carbonyl (C=O) groups excluding carboxylic acids is 1. The van der Waals surface area contributed by atoms with Crippen molar-refractivity contribution in [2.75, 3.05) is 12.3 Å². The van der Waals surface area contributed by atoms with Gasteiger partial charge in [0.25, 0.3) is 0 Å². The van der Waals surface area contributed by atoms with Gasteiger partial charge in [-0.3, -0.25) is 9.78 Å². The Bertz CT molecular complexity index is 390. The van der Waals surface area contributed by atoms with Gasteiger partial charge in [0.15, 0.2) is 0 Å². The number of amides is 1. The summed E-state index contributed by atoms with van der Waals surface area (Å²) in [5, 5.41) is 2.58. The molecule has 0 aliphatic carbocycles. The van der Waals surface area contributed by atoms with Crippen molar-refractivity contribution in [1.82, 2.24) is 10.3 Å². The van der Waals surface area contributed by atoms with E-state index in [0.29, 0.717) is 12.2 Å². The molecule has 4 nitrogen and oxygen atoms in total. The maximum atomic E-state index is 12.6. The van der Waals surface area contributed by atoms with E-state index < -0.39 is 5.82 Å². The van der Waals surface area contributed by atoms with Gasteiger partial charge in [0, 0.05) is 19.5 Å². The number of anilines is 1. The number of hydrogen-bond acceptors (Lipinski definition) is 3. The van der Waals surface area contributed by atoms with Crippen molar-refractivity contribution in [3.8, 4) is 0 Å². The number of carbonyl (C=O) groups is 1. The Balaban J connectivity index is 2.60. The quantitative estimate of drug-likeness (QED) is 0.778. The van der Waals surface area contributed by atoms with Crippen molar-refractivity contribution in [2.45, 2.75) is 6.92 Å². The second-order valence-corrected chi connectivity index (χ2v) is 2.97. The number of nitrogens with one attached hydrogen (secondary N) is 1. The van der Waals surface area contributed by atoms with Crippen LogP contribution >= 0.6 is 0 Å². The van der Waals surface area contributed by atoms with Crippen LogP contribution in [0, 0.1) is 5.82 Å². The van der Waals surface area contributed by atoms with Crippen LogP contribution in [0.25, 0.3) is 6.08 Å². The lowest BCUT2D eigenvalue weighted by molar-refractivity contribution is -0.118. The molecule has 1 aromatic heterocycles. The molecule has 0 saturated carbocycles. The SMILES string of the molecule is CC(=O)NCC=Cc1ncc(F)cc1N. The number of hydrogen-bond donors (Lipinski definition) is 2. The molecule has 0 fully saturated rings. The lowest BCUT2D eigenvalue weighted by Crippen LogP contribution is -2.19. The molecule has 0 atom stereocenters. The summed E-state index contributed by atoms with van der Waals surface area (Å²) in [6.45, 7) is 1.83. The first-order valence-corrected chi connectivity index (χ1v) is 4.41. The van der Waals surface area contributed by atoms with E-state index in [9.17, 15) is 9.18 Å². The first-order valence-electron chi connectivity index (χ1n) is 4.41. The minimum Gasteiger partial charge on any atom is -0.397 e. The molecule has 0 aromatic carbocycles. The molecular formula is C10H12FN3O. The summed E-state index contributed by atoms with van der Waals surface area (Å²) in [7, 11) is 0. The molecule has 80 valence electrons. The zero-order chi connectivity index (χ0) is 11.3. The smallest absolute Gasteiger partial charge is 0.217 e. The number of nitrogens with zero attached hydrogens (tertiary/aromatic N) is 1. The lowest BCUT2D eigenvalue weighted by atomic mass is 10.3. The van der Waals surface area contributed by atoms with Crippen LogP contribution in [0.5, 0.6) is 0 Å².